The number of urea groups is 1. The number of benzene rings is 2. The summed E-state index contributed by atoms with van der Waals surface area (Å²) in [5.41, 5.74) is -0.217. The molecule has 0 bridgehead atoms. The summed E-state index contributed by atoms with van der Waals surface area (Å²) in [7, 11) is 1.56. The lowest BCUT2D eigenvalue weighted by atomic mass is 9.92. The number of carbonyl (C=O) groups is 2. The molecule has 3 aromatic rings. The highest BCUT2D eigenvalue weighted by Crippen LogP contribution is 2.35. The number of imide groups is 1. The zero-order valence-corrected chi connectivity index (χ0v) is 17.5. The topological polar surface area (TPSA) is 97.6 Å². The minimum absolute atomic E-state index is 0.114. The molecule has 4 rings (SSSR count). The Morgan fingerprint density at radius 2 is 2.00 bits per heavy atom. The van der Waals surface area contributed by atoms with Crippen molar-refractivity contribution in [2.45, 2.75) is 19.0 Å². The molecule has 1 atom stereocenters. The molecular weight excluding hydrogens is 431 g/mol. The standard InChI is InChI=1S/C20H16Cl2N4O4/c1-20(14-7-6-12(21)9-15(14)22)18(27)26(19(28)24-20)10-16-23-17(25-30-16)11-4-3-5-13(8-11)29-2/h3-9H,10H2,1-2H3,(H,24,28). The van der Waals surface area contributed by atoms with E-state index in [4.69, 9.17) is 32.5 Å². The van der Waals surface area contributed by atoms with Gasteiger partial charge in [0.2, 0.25) is 11.7 Å². The van der Waals surface area contributed by atoms with Crippen LogP contribution in [0.1, 0.15) is 18.4 Å². The second-order valence-corrected chi connectivity index (χ2v) is 7.66. The maximum atomic E-state index is 13.1. The van der Waals surface area contributed by atoms with Gasteiger partial charge in [-0.3, -0.25) is 9.69 Å². The molecule has 1 aliphatic heterocycles. The van der Waals surface area contributed by atoms with Gasteiger partial charge in [0.1, 0.15) is 17.8 Å². The Kier molecular flexibility index (Phi) is 5.13. The molecule has 0 radical (unpaired) electrons. The number of nitrogens with zero attached hydrogens (tertiary/aromatic N) is 3. The van der Waals surface area contributed by atoms with Gasteiger partial charge in [0.25, 0.3) is 5.91 Å². The van der Waals surface area contributed by atoms with Gasteiger partial charge in [-0.1, -0.05) is 46.6 Å². The predicted octanol–water partition coefficient (Wildman–Crippen LogP) is 4.02. The summed E-state index contributed by atoms with van der Waals surface area (Å²) in [6.45, 7) is 1.40. The molecule has 1 aliphatic rings. The van der Waals surface area contributed by atoms with Gasteiger partial charge >= 0.3 is 6.03 Å². The molecule has 30 heavy (non-hydrogen) atoms. The second-order valence-electron chi connectivity index (χ2n) is 6.81. The highest BCUT2D eigenvalue weighted by atomic mass is 35.5. The van der Waals surface area contributed by atoms with Crippen LogP contribution in [0.5, 0.6) is 5.75 Å². The van der Waals surface area contributed by atoms with Gasteiger partial charge in [0, 0.05) is 21.2 Å². The highest BCUT2D eigenvalue weighted by Gasteiger charge is 2.50. The van der Waals surface area contributed by atoms with E-state index in [1.807, 2.05) is 0 Å². The van der Waals surface area contributed by atoms with Crippen molar-refractivity contribution in [2.75, 3.05) is 7.11 Å². The van der Waals surface area contributed by atoms with Crippen molar-refractivity contribution in [3.8, 4) is 17.1 Å². The first-order valence-electron chi connectivity index (χ1n) is 8.88. The Balaban J connectivity index is 1.58. The number of amides is 3. The molecule has 1 aromatic heterocycles. The van der Waals surface area contributed by atoms with Gasteiger partial charge in [-0.25, -0.2) is 4.79 Å². The number of halogens is 2. The Labute approximate surface area is 181 Å². The monoisotopic (exact) mass is 446 g/mol. The van der Waals surface area contributed by atoms with Gasteiger partial charge < -0.3 is 14.6 Å². The van der Waals surface area contributed by atoms with Crippen LogP contribution in [0.2, 0.25) is 10.0 Å². The van der Waals surface area contributed by atoms with Gasteiger partial charge in [-0.05, 0) is 31.2 Å². The third-order valence-electron chi connectivity index (χ3n) is 4.83. The molecule has 1 saturated heterocycles. The molecule has 1 unspecified atom stereocenters. The molecule has 3 amide bonds. The zero-order valence-electron chi connectivity index (χ0n) is 16.0. The molecule has 0 saturated carbocycles. The fraction of sp³-hybridized carbons (Fsp3) is 0.200. The third kappa shape index (κ3) is 3.48. The Morgan fingerprint density at radius 3 is 2.73 bits per heavy atom. The Morgan fingerprint density at radius 1 is 1.20 bits per heavy atom. The average Bonchev–Trinajstić information content (AvgIpc) is 3.27. The maximum Gasteiger partial charge on any atom is 0.325 e. The van der Waals surface area contributed by atoms with Crippen LogP contribution in [0.4, 0.5) is 4.79 Å². The van der Waals surface area contributed by atoms with E-state index >= 15 is 0 Å². The van der Waals surface area contributed by atoms with Gasteiger partial charge in [-0.2, -0.15) is 4.98 Å². The first kappa shape index (κ1) is 20.2. The smallest absolute Gasteiger partial charge is 0.325 e. The number of hydrogen-bond donors (Lipinski definition) is 1. The summed E-state index contributed by atoms with van der Waals surface area (Å²) in [4.78, 5) is 30.9. The number of nitrogens with one attached hydrogen (secondary N) is 1. The minimum atomic E-state index is -1.34. The largest absolute Gasteiger partial charge is 0.497 e. The molecular formula is C20H16Cl2N4O4. The lowest BCUT2D eigenvalue weighted by Gasteiger charge is -2.23. The minimum Gasteiger partial charge on any atom is -0.497 e. The van der Waals surface area contributed by atoms with Crippen molar-refractivity contribution in [3.63, 3.8) is 0 Å². The first-order valence-corrected chi connectivity index (χ1v) is 9.64. The maximum absolute atomic E-state index is 13.1. The van der Waals surface area contributed by atoms with Crippen molar-refractivity contribution in [1.82, 2.24) is 20.4 Å². The third-order valence-corrected chi connectivity index (χ3v) is 5.38. The molecule has 8 nitrogen and oxygen atoms in total. The summed E-state index contributed by atoms with van der Waals surface area (Å²) in [6.07, 6.45) is 0. The number of hydrogen-bond acceptors (Lipinski definition) is 6. The number of ether oxygens (including phenoxy) is 1. The summed E-state index contributed by atoms with van der Waals surface area (Å²) < 4.78 is 10.4. The molecule has 2 heterocycles. The van der Waals surface area contributed by atoms with Crippen molar-refractivity contribution < 1.29 is 18.8 Å². The fourth-order valence-corrected chi connectivity index (χ4v) is 3.85. The molecule has 10 heteroatoms. The average molecular weight is 447 g/mol. The molecule has 1 N–H and O–H groups in total. The van der Waals surface area contributed by atoms with Crippen LogP contribution in [0.15, 0.2) is 47.0 Å². The Hall–Kier alpha value is -3.10. The Bertz CT molecular complexity index is 1150. The van der Waals surface area contributed by atoms with Crippen molar-refractivity contribution in [1.29, 1.82) is 0 Å². The van der Waals surface area contributed by atoms with Crippen LogP contribution in [-0.4, -0.2) is 34.1 Å². The second kappa shape index (κ2) is 7.62. The van der Waals surface area contributed by atoms with Crippen LogP contribution < -0.4 is 10.1 Å². The van der Waals surface area contributed by atoms with Gasteiger partial charge in [0.05, 0.1) is 7.11 Å². The number of aromatic nitrogens is 2. The van der Waals surface area contributed by atoms with E-state index in [-0.39, 0.29) is 17.5 Å². The number of carbonyl (C=O) groups excluding carboxylic acids is 2. The van der Waals surface area contributed by atoms with Gasteiger partial charge in [-0.15, -0.1) is 0 Å². The predicted molar refractivity (Wildman–Crippen MR) is 109 cm³/mol. The first-order chi connectivity index (χ1) is 14.3. The molecule has 1 fully saturated rings. The van der Waals surface area contributed by atoms with E-state index in [1.54, 1.807) is 50.4 Å². The van der Waals surface area contributed by atoms with E-state index in [2.05, 4.69) is 15.5 Å². The highest BCUT2D eigenvalue weighted by molar-refractivity contribution is 6.35. The van der Waals surface area contributed by atoms with E-state index in [1.165, 1.54) is 6.07 Å². The lowest BCUT2D eigenvalue weighted by molar-refractivity contribution is -0.131. The van der Waals surface area contributed by atoms with Crippen molar-refractivity contribution in [3.05, 3.63) is 64.0 Å². The van der Waals surface area contributed by atoms with Crippen LogP contribution in [-0.2, 0) is 16.9 Å². The molecule has 2 aromatic carbocycles. The molecule has 154 valence electrons. The van der Waals surface area contributed by atoms with Crippen molar-refractivity contribution >= 4 is 35.1 Å². The number of methoxy groups -OCH3 is 1. The lowest BCUT2D eigenvalue weighted by Crippen LogP contribution is -2.41. The summed E-state index contributed by atoms with van der Waals surface area (Å²) >= 11 is 12.2. The van der Waals surface area contributed by atoms with E-state index < -0.39 is 17.5 Å². The summed E-state index contributed by atoms with van der Waals surface area (Å²) in [5.74, 6) is 0.587. The van der Waals surface area contributed by atoms with Crippen LogP contribution in [0.25, 0.3) is 11.4 Å². The summed E-state index contributed by atoms with van der Waals surface area (Å²) in [6, 6.07) is 11.3. The SMILES string of the molecule is COc1cccc(-c2noc(CN3C(=O)NC(C)(c4ccc(Cl)cc4Cl)C3=O)n2)c1. The van der Waals surface area contributed by atoms with E-state index in [9.17, 15) is 9.59 Å². The molecule has 0 spiro atoms. The van der Waals surface area contributed by atoms with Crippen LogP contribution in [0.3, 0.4) is 0 Å². The van der Waals surface area contributed by atoms with Crippen LogP contribution in [0, 0.1) is 0 Å². The fourth-order valence-electron chi connectivity index (χ4n) is 3.25. The van der Waals surface area contributed by atoms with Crippen molar-refractivity contribution in [2.24, 2.45) is 0 Å². The zero-order chi connectivity index (χ0) is 21.5. The van der Waals surface area contributed by atoms with Crippen LogP contribution >= 0.6 is 23.2 Å². The normalized spacial score (nSPS) is 18.6. The van der Waals surface area contributed by atoms with E-state index in [0.29, 0.717) is 27.7 Å². The van der Waals surface area contributed by atoms with Gasteiger partial charge in [0.15, 0.2) is 0 Å². The summed E-state index contributed by atoms with van der Waals surface area (Å²) in [5, 5.41) is 7.31. The van der Waals surface area contributed by atoms with E-state index in [0.717, 1.165) is 4.90 Å². The quantitative estimate of drug-likeness (QED) is 0.594. The number of rotatable bonds is 5. The molecule has 0 aliphatic carbocycles.